The first kappa shape index (κ1) is 25.4. The number of hydrogen-bond acceptors (Lipinski definition) is 4. The van der Waals surface area contributed by atoms with Gasteiger partial charge in [0.2, 0.25) is 0 Å². The normalized spacial score (nSPS) is 17.3. The summed E-state index contributed by atoms with van der Waals surface area (Å²) in [5.74, 6) is -0.128. The minimum Gasteiger partial charge on any atom is -0.508 e. The van der Waals surface area contributed by atoms with E-state index < -0.39 is 12.1 Å². The number of nitrogens with zero attached hydrogens (tertiary/aromatic N) is 2. The van der Waals surface area contributed by atoms with E-state index in [2.05, 4.69) is 0 Å². The van der Waals surface area contributed by atoms with Crippen LogP contribution >= 0.6 is 12.2 Å². The Morgan fingerprint density at radius 2 is 1.61 bits per heavy atom. The van der Waals surface area contributed by atoms with Gasteiger partial charge in [0.1, 0.15) is 23.4 Å². The van der Waals surface area contributed by atoms with Crippen LogP contribution in [-0.2, 0) is 0 Å². The summed E-state index contributed by atoms with van der Waals surface area (Å²) in [5.41, 5.74) is 4.48. The molecule has 2 atom stereocenters. The molecule has 38 heavy (non-hydrogen) atoms. The molecule has 192 valence electrons. The smallest absolute Gasteiger partial charge is 0.181 e. The zero-order valence-corrected chi connectivity index (χ0v) is 21.5. The molecule has 0 radical (unpaired) electrons. The number of benzene rings is 4. The van der Waals surface area contributed by atoms with Gasteiger partial charge >= 0.3 is 0 Å². The van der Waals surface area contributed by atoms with Crippen LogP contribution in [0.5, 0.6) is 11.5 Å². The van der Waals surface area contributed by atoms with Gasteiger partial charge in [0.15, 0.2) is 5.11 Å². The fourth-order valence-corrected chi connectivity index (χ4v) is 5.10. The van der Waals surface area contributed by atoms with Crippen molar-refractivity contribution in [2.75, 3.05) is 11.9 Å². The molecule has 4 aromatic rings. The van der Waals surface area contributed by atoms with Crippen molar-refractivity contribution in [1.82, 2.24) is 4.90 Å². The van der Waals surface area contributed by atoms with Crippen LogP contribution in [0.4, 0.5) is 10.1 Å². The third-order valence-corrected chi connectivity index (χ3v) is 7.23. The average Bonchev–Trinajstić information content (AvgIpc) is 3.17. The van der Waals surface area contributed by atoms with Crippen molar-refractivity contribution in [1.29, 1.82) is 0 Å². The Balaban J connectivity index is 1.56. The number of aromatic hydroxyl groups is 2. The van der Waals surface area contributed by atoms with E-state index in [0.29, 0.717) is 16.2 Å². The second kappa shape index (κ2) is 10.7. The molecular formula is C31H27FN2O3S. The van der Waals surface area contributed by atoms with Gasteiger partial charge in [-0.25, -0.2) is 4.39 Å². The monoisotopic (exact) mass is 526 g/mol. The van der Waals surface area contributed by atoms with E-state index in [0.717, 1.165) is 22.5 Å². The van der Waals surface area contributed by atoms with Crippen molar-refractivity contribution in [2.45, 2.75) is 18.6 Å². The Kier molecular flexibility index (Phi) is 7.13. The van der Waals surface area contributed by atoms with Crippen molar-refractivity contribution >= 4 is 23.0 Å². The van der Waals surface area contributed by atoms with Crippen LogP contribution in [0.25, 0.3) is 11.1 Å². The molecule has 1 heterocycles. The molecule has 1 fully saturated rings. The number of rotatable bonds is 6. The van der Waals surface area contributed by atoms with Gasteiger partial charge in [0, 0.05) is 24.0 Å². The van der Waals surface area contributed by atoms with Crippen molar-refractivity contribution in [3.8, 4) is 22.6 Å². The van der Waals surface area contributed by atoms with Gasteiger partial charge in [-0.15, -0.1) is 0 Å². The zero-order chi connectivity index (χ0) is 26.8. The molecule has 0 bridgehead atoms. The standard InChI is InChI=1S/C31H27FN2O3S/c1-33-27(16-17-28(36)20-10-13-23(32)14-11-20)30(34(31(33)38)24-7-3-2-4-8-24)26-15-12-22(19-29(26)37)21-6-5-9-25(35)18-21/h2-16,18-19,28,30,35-37H,17H2,1H3/b27-16-/t28?,30-/m1/s1. The second-order valence-electron chi connectivity index (χ2n) is 9.21. The molecule has 1 unspecified atom stereocenters. The minimum atomic E-state index is -0.835. The molecule has 0 saturated carbocycles. The second-order valence-corrected chi connectivity index (χ2v) is 9.57. The van der Waals surface area contributed by atoms with E-state index in [1.807, 2.05) is 71.5 Å². The largest absolute Gasteiger partial charge is 0.508 e. The van der Waals surface area contributed by atoms with E-state index in [1.54, 1.807) is 36.4 Å². The van der Waals surface area contributed by atoms with Crippen LogP contribution < -0.4 is 4.90 Å². The lowest BCUT2D eigenvalue weighted by Crippen LogP contribution is -2.30. The molecule has 1 aliphatic rings. The van der Waals surface area contributed by atoms with Crippen LogP contribution in [0, 0.1) is 5.82 Å². The Bertz CT molecular complexity index is 1490. The van der Waals surface area contributed by atoms with Crippen LogP contribution in [0.2, 0.25) is 0 Å². The summed E-state index contributed by atoms with van der Waals surface area (Å²) < 4.78 is 13.4. The first-order chi connectivity index (χ1) is 18.3. The van der Waals surface area contributed by atoms with E-state index in [4.69, 9.17) is 12.2 Å². The Labute approximate surface area is 226 Å². The molecule has 0 aliphatic carbocycles. The molecule has 0 amide bonds. The molecule has 1 aliphatic heterocycles. The molecule has 4 aromatic carbocycles. The fraction of sp³-hybridized carbons (Fsp3) is 0.129. The zero-order valence-electron chi connectivity index (χ0n) is 20.7. The molecule has 1 saturated heterocycles. The van der Waals surface area contributed by atoms with Crippen molar-refractivity contribution in [3.05, 3.63) is 126 Å². The summed E-state index contributed by atoms with van der Waals surface area (Å²) in [4.78, 5) is 3.86. The number of para-hydroxylation sites is 1. The number of anilines is 1. The summed E-state index contributed by atoms with van der Waals surface area (Å²) >= 11 is 5.84. The van der Waals surface area contributed by atoms with Gasteiger partial charge in [0.05, 0.1) is 6.10 Å². The van der Waals surface area contributed by atoms with Crippen molar-refractivity contribution in [3.63, 3.8) is 0 Å². The highest BCUT2D eigenvalue weighted by Gasteiger charge is 2.40. The number of phenolic OH excluding ortho intramolecular Hbond substituents is 2. The van der Waals surface area contributed by atoms with E-state index >= 15 is 0 Å². The number of halogens is 1. The maximum absolute atomic E-state index is 13.4. The number of aliphatic hydroxyl groups excluding tert-OH is 1. The molecule has 0 spiro atoms. The van der Waals surface area contributed by atoms with E-state index in [9.17, 15) is 19.7 Å². The summed E-state index contributed by atoms with van der Waals surface area (Å²) in [6, 6.07) is 27.4. The van der Waals surface area contributed by atoms with Crippen LogP contribution in [0.1, 0.15) is 29.7 Å². The molecule has 5 nitrogen and oxygen atoms in total. The van der Waals surface area contributed by atoms with Crippen molar-refractivity contribution < 1.29 is 19.7 Å². The highest BCUT2D eigenvalue weighted by atomic mass is 32.1. The predicted octanol–water partition coefficient (Wildman–Crippen LogP) is 6.69. The summed E-state index contributed by atoms with van der Waals surface area (Å²) in [6.45, 7) is 0. The lowest BCUT2D eigenvalue weighted by Gasteiger charge is -2.26. The lowest BCUT2D eigenvalue weighted by atomic mass is 9.96. The van der Waals surface area contributed by atoms with E-state index in [-0.39, 0.29) is 23.7 Å². The van der Waals surface area contributed by atoms with Gasteiger partial charge in [-0.05, 0) is 77.8 Å². The Hall–Kier alpha value is -4.20. The van der Waals surface area contributed by atoms with Gasteiger partial charge in [-0.1, -0.05) is 60.7 Å². The first-order valence-electron chi connectivity index (χ1n) is 12.2. The third kappa shape index (κ3) is 4.98. The highest BCUT2D eigenvalue weighted by molar-refractivity contribution is 7.80. The number of phenols is 2. The molecular weight excluding hydrogens is 499 g/mol. The van der Waals surface area contributed by atoms with E-state index in [1.165, 1.54) is 12.1 Å². The first-order valence-corrected chi connectivity index (χ1v) is 12.6. The van der Waals surface area contributed by atoms with Gasteiger partial charge in [0.25, 0.3) is 0 Å². The summed E-state index contributed by atoms with van der Waals surface area (Å²) in [7, 11) is 1.87. The van der Waals surface area contributed by atoms with Crippen LogP contribution in [-0.4, -0.2) is 32.4 Å². The Morgan fingerprint density at radius 3 is 2.29 bits per heavy atom. The van der Waals surface area contributed by atoms with Crippen molar-refractivity contribution in [2.24, 2.45) is 0 Å². The average molecular weight is 527 g/mol. The molecule has 7 heteroatoms. The number of thiocarbonyl (C=S) groups is 1. The summed E-state index contributed by atoms with van der Waals surface area (Å²) in [5, 5.41) is 32.5. The van der Waals surface area contributed by atoms with Gasteiger partial charge < -0.3 is 25.1 Å². The van der Waals surface area contributed by atoms with Crippen LogP contribution in [0.3, 0.4) is 0 Å². The SMILES string of the molecule is CN1C(=S)N(c2ccccc2)[C@H](c2ccc(-c3cccc(O)c3)cc2O)/C1=C/CC(O)c1ccc(F)cc1. The lowest BCUT2D eigenvalue weighted by molar-refractivity contribution is 0.181. The van der Waals surface area contributed by atoms with Gasteiger partial charge in [-0.2, -0.15) is 0 Å². The number of likely N-dealkylation sites (N-methyl/N-ethyl adjacent to an activating group) is 1. The third-order valence-electron chi connectivity index (χ3n) is 6.76. The maximum atomic E-state index is 13.4. The highest BCUT2D eigenvalue weighted by Crippen LogP contribution is 2.45. The van der Waals surface area contributed by atoms with Crippen LogP contribution in [0.15, 0.2) is 109 Å². The van der Waals surface area contributed by atoms with Gasteiger partial charge in [-0.3, -0.25) is 0 Å². The molecule has 0 aromatic heterocycles. The fourth-order valence-electron chi connectivity index (χ4n) is 4.79. The quantitative estimate of drug-likeness (QED) is 0.243. The molecule has 3 N–H and O–H groups in total. The Morgan fingerprint density at radius 1 is 0.895 bits per heavy atom. The summed E-state index contributed by atoms with van der Waals surface area (Å²) in [6.07, 6.45) is 1.35. The number of hydrogen-bond donors (Lipinski definition) is 3. The minimum absolute atomic E-state index is 0.0832. The predicted molar refractivity (Wildman–Crippen MR) is 151 cm³/mol. The molecule has 5 rings (SSSR count). The topological polar surface area (TPSA) is 67.2 Å². The maximum Gasteiger partial charge on any atom is 0.181 e. The number of aliphatic hydroxyl groups is 1.